The first kappa shape index (κ1) is 12.9. The smallest absolute Gasteiger partial charge is 0.123 e. The van der Waals surface area contributed by atoms with Crippen LogP contribution >= 0.6 is 0 Å². The van der Waals surface area contributed by atoms with Gasteiger partial charge < -0.3 is 9.88 Å². The molecule has 3 rings (SSSR count). The van der Waals surface area contributed by atoms with Crippen LogP contribution in [0.5, 0.6) is 0 Å². The molecule has 3 aromatic rings. The van der Waals surface area contributed by atoms with E-state index < -0.39 is 0 Å². The molecule has 0 amide bonds. The predicted molar refractivity (Wildman–Crippen MR) is 80.2 cm³/mol. The van der Waals surface area contributed by atoms with Crippen LogP contribution in [-0.2, 0) is 13.1 Å². The predicted octanol–water partition coefficient (Wildman–Crippen LogP) is 3.55. The zero-order chi connectivity index (χ0) is 13.9. The van der Waals surface area contributed by atoms with Crippen molar-refractivity contribution in [2.24, 2.45) is 0 Å². The SMILES string of the molecule is CNCc1cccc2ccn(Cc3ccc(F)cc3)c12. The molecule has 20 heavy (non-hydrogen) atoms. The fourth-order valence-electron chi connectivity index (χ4n) is 2.59. The number of hydrogen-bond donors (Lipinski definition) is 1. The van der Waals surface area contributed by atoms with E-state index in [1.807, 2.05) is 19.2 Å². The van der Waals surface area contributed by atoms with E-state index in [4.69, 9.17) is 0 Å². The van der Waals surface area contributed by atoms with Crippen molar-refractivity contribution < 1.29 is 4.39 Å². The van der Waals surface area contributed by atoms with Crippen molar-refractivity contribution >= 4 is 10.9 Å². The second-order valence-electron chi connectivity index (χ2n) is 4.96. The molecule has 0 unspecified atom stereocenters. The molecule has 0 atom stereocenters. The van der Waals surface area contributed by atoms with E-state index in [-0.39, 0.29) is 5.82 Å². The van der Waals surface area contributed by atoms with Crippen LogP contribution in [0.15, 0.2) is 54.7 Å². The maximum absolute atomic E-state index is 13.0. The standard InChI is InChI=1S/C17H17FN2/c1-19-11-15-4-2-3-14-9-10-20(17(14)15)12-13-5-7-16(18)8-6-13/h2-10,19H,11-12H2,1H3. The molecule has 1 aromatic heterocycles. The van der Waals surface area contributed by atoms with Crippen molar-refractivity contribution in [2.75, 3.05) is 7.05 Å². The Morgan fingerprint density at radius 2 is 1.85 bits per heavy atom. The van der Waals surface area contributed by atoms with Crippen molar-refractivity contribution in [1.29, 1.82) is 0 Å². The summed E-state index contributed by atoms with van der Waals surface area (Å²) in [5, 5.41) is 4.44. The Morgan fingerprint density at radius 3 is 2.60 bits per heavy atom. The number of rotatable bonds is 4. The molecule has 0 saturated carbocycles. The lowest BCUT2D eigenvalue weighted by Crippen LogP contribution is -2.07. The Labute approximate surface area is 117 Å². The molecule has 1 heterocycles. The lowest BCUT2D eigenvalue weighted by atomic mass is 10.1. The van der Waals surface area contributed by atoms with Gasteiger partial charge in [0, 0.05) is 19.3 Å². The number of hydrogen-bond acceptors (Lipinski definition) is 1. The third-order valence-corrected chi connectivity index (χ3v) is 3.51. The number of nitrogens with zero attached hydrogens (tertiary/aromatic N) is 1. The van der Waals surface area contributed by atoms with Gasteiger partial charge in [-0.05, 0) is 41.8 Å². The average Bonchev–Trinajstić information content (AvgIpc) is 2.86. The molecule has 2 nitrogen and oxygen atoms in total. The van der Waals surface area contributed by atoms with E-state index in [2.05, 4.69) is 40.3 Å². The van der Waals surface area contributed by atoms with Crippen LogP contribution in [-0.4, -0.2) is 11.6 Å². The minimum Gasteiger partial charge on any atom is -0.343 e. The van der Waals surface area contributed by atoms with Gasteiger partial charge in [0.15, 0.2) is 0 Å². The highest BCUT2D eigenvalue weighted by Gasteiger charge is 2.06. The topological polar surface area (TPSA) is 17.0 Å². The first-order valence-corrected chi connectivity index (χ1v) is 6.74. The maximum atomic E-state index is 13.0. The summed E-state index contributed by atoms with van der Waals surface area (Å²) in [6.07, 6.45) is 2.09. The van der Waals surface area contributed by atoms with Crippen LogP contribution in [0.2, 0.25) is 0 Å². The van der Waals surface area contributed by atoms with Gasteiger partial charge in [-0.1, -0.05) is 30.3 Å². The van der Waals surface area contributed by atoms with Gasteiger partial charge in [-0.25, -0.2) is 4.39 Å². The molecule has 0 spiro atoms. The molecule has 0 radical (unpaired) electrons. The molecule has 3 heteroatoms. The van der Waals surface area contributed by atoms with E-state index in [9.17, 15) is 4.39 Å². The van der Waals surface area contributed by atoms with Gasteiger partial charge in [-0.3, -0.25) is 0 Å². The van der Waals surface area contributed by atoms with Crippen LogP contribution in [0, 0.1) is 5.82 Å². The van der Waals surface area contributed by atoms with Gasteiger partial charge in [-0.2, -0.15) is 0 Å². The molecule has 0 bridgehead atoms. The number of aromatic nitrogens is 1. The van der Waals surface area contributed by atoms with Crippen LogP contribution in [0.3, 0.4) is 0 Å². The monoisotopic (exact) mass is 268 g/mol. The van der Waals surface area contributed by atoms with Crippen LogP contribution in [0.25, 0.3) is 10.9 Å². The summed E-state index contributed by atoms with van der Waals surface area (Å²) in [7, 11) is 1.95. The fraction of sp³-hybridized carbons (Fsp3) is 0.176. The average molecular weight is 268 g/mol. The number of para-hydroxylation sites is 1. The van der Waals surface area contributed by atoms with E-state index in [0.29, 0.717) is 0 Å². The minimum absolute atomic E-state index is 0.193. The summed E-state index contributed by atoms with van der Waals surface area (Å²) < 4.78 is 15.2. The Hall–Kier alpha value is -2.13. The van der Waals surface area contributed by atoms with Crippen LogP contribution in [0.4, 0.5) is 4.39 Å². The summed E-state index contributed by atoms with van der Waals surface area (Å²) in [6.45, 7) is 1.59. The Morgan fingerprint density at radius 1 is 1.05 bits per heavy atom. The van der Waals surface area contributed by atoms with Crippen molar-refractivity contribution in [3.8, 4) is 0 Å². The lowest BCUT2D eigenvalue weighted by molar-refractivity contribution is 0.626. The number of benzene rings is 2. The summed E-state index contributed by atoms with van der Waals surface area (Å²) in [5.74, 6) is -0.193. The zero-order valence-electron chi connectivity index (χ0n) is 11.4. The highest BCUT2D eigenvalue weighted by Crippen LogP contribution is 2.21. The highest BCUT2D eigenvalue weighted by atomic mass is 19.1. The van der Waals surface area contributed by atoms with Gasteiger partial charge >= 0.3 is 0 Å². The molecule has 0 aliphatic rings. The maximum Gasteiger partial charge on any atom is 0.123 e. The van der Waals surface area contributed by atoms with Gasteiger partial charge in [0.25, 0.3) is 0 Å². The van der Waals surface area contributed by atoms with Crippen LogP contribution < -0.4 is 5.32 Å². The Bertz CT molecular complexity index is 713. The number of nitrogens with one attached hydrogen (secondary N) is 1. The highest BCUT2D eigenvalue weighted by molar-refractivity contribution is 5.83. The quantitative estimate of drug-likeness (QED) is 0.765. The summed E-state index contributed by atoms with van der Waals surface area (Å²) in [5.41, 5.74) is 3.62. The fourth-order valence-corrected chi connectivity index (χ4v) is 2.59. The molecular weight excluding hydrogens is 251 g/mol. The van der Waals surface area contributed by atoms with Gasteiger partial charge in [0.1, 0.15) is 5.82 Å². The second-order valence-corrected chi connectivity index (χ2v) is 4.96. The van der Waals surface area contributed by atoms with Crippen molar-refractivity contribution in [3.05, 3.63) is 71.7 Å². The second kappa shape index (κ2) is 5.47. The largest absolute Gasteiger partial charge is 0.343 e. The van der Waals surface area contributed by atoms with Crippen LogP contribution in [0.1, 0.15) is 11.1 Å². The zero-order valence-corrected chi connectivity index (χ0v) is 11.4. The molecule has 0 aliphatic carbocycles. The third kappa shape index (κ3) is 2.45. The van der Waals surface area contributed by atoms with E-state index >= 15 is 0 Å². The first-order chi connectivity index (χ1) is 9.78. The van der Waals surface area contributed by atoms with E-state index in [0.717, 1.165) is 18.7 Å². The normalized spacial score (nSPS) is 11.1. The van der Waals surface area contributed by atoms with Crippen molar-refractivity contribution in [2.45, 2.75) is 13.1 Å². The molecule has 0 aliphatic heterocycles. The first-order valence-electron chi connectivity index (χ1n) is 6.74. The van der Waals surface area contributed by atoms with E-state index in [1.54, 1.807) is 0 Å². The van der Waals surface area contributed by atoms with E-state index in [1.165, 1.54) is 28.6 Å². The van der Waals surface area contributed by atoms with Crippen molar-refractivity contribution in [1.82, 2.24) is 9.88 Å². The summed E-state index contributed by atoms with van der Waals surface area (Å²) in [4.78, 5) is 0. The Kier molecular flexibility index (Phi) is 3.52. The third-order valence-electron chi connectivity index (χ3n) is 3.51. The summed E-state index contributed by atoms with van der Waals surface area (Å²) in [6, 6.07) is 15.2. The molecule has 102 valence electrons. The van der Waals surface area contributed by atoms with Gasteiger partial charge in [0.2, 0.25) is 0 Å². The van der Waals surface area contributed by atoms with Gasteiger partial charge in [-0.15, -0.1) is 0 Å². The number of fused-ring (bicyclic) bond motifs is 1. The minimum atomic E-state index is -0.193. The number of halogens is 1. The molecular formula is C17H17FN2. The van der Waals surface area contributed by atoms with Gasteiger partial charge in [0.05, 0.1) is 5.52 Å². The van der Waals surface area contributed by atoms with Crippen molar-refractivity contribution in [3.63, 3.8) is 0 Å². The molecule has 0 fully saturated rings. The molecule has 2 aromatic carbocycles. The molecule has 1 N–H and O–H groups in total. The molecule has 0 saturated heterocycles. The Balaban J connectivity index is 2.00. The lowest BCUT2D eigenvalue weighted by Gasteiger charge is -2.10. The summed E-state index contributed by atoms with van der Waals surface area (Å²) >= 11 is 0.